The van der Waals surface area contributed by atoms with Crippen LogP contribution in [0.3, 0.4) is 0 Å². The number of aromatic nitrogens is 1. The Morgan fingerprint density at radius 3 is 2.81 bits per heavy atom. The van der Waals surface area contributed by atoms with Crippen LogP contribution in [0, 0.1) is 0 Å². The summed E-state index contributed by atoms with van der Waals surface area (Å²) in [5.74, 6) is 0.763. The second-order valence-electron chi connectivity index (χ2n) is 5.30. The van der Waals surface area contributed by atoms with Crippen molar-refractivity contribution in [2.45, 2.75) is 25.8 Å². The van der Waals surface area contributed by atoms with Gasteiger partial charge in [0.1, 0.15) is 5.82 Å². The summed E-state index contributed by atoms with van der Waals surface area (Å²) in [6.07, 6.45) is 5.79. The van der Waals surface area contributed by atoms with Gasteiger partial charge in [-0.2, -0.15) is 0 Å². The lowest BCUT2D eigenvalue weighted by Crippen LogP contribution is -2.39. The monoisotopic (exact) mass is 288 g/mol. The Labute approximate surface area is 126 Å². The fourth-order valence-corrected chi connectivity index (χ4v) is 2.53. The molecule has 0 saturated carbocycles. The highest BCUT2D eigenvalue weighted by Crippen LogP contribution is 2.15. The van der Waals surface area contributed by atoms with Crippen molar-refractivity contribution in [1.82, 2.24) is 15.2 Å². The molecular formula is C16H24N4O. The molecule has 0 atom stereocenters. The fourth-order valence-electron chi connectivity index (χ4n) is 2.53. The molecule has 5 heteroatoms. The average molecular weight is 288 g/mol. The van der Waals surface area contributed by atoms with Gasteiger partial charge >= 0.3 is 0 Å². The Bertz CT molecular complexity index is 464. The molecule has 2 N–H and O–H groups in total. The molecule has 1 aliphatic heterocycles. The number of nitrogens with zero attached hydrogens (tertiary/aromatic N) is 2. The smallest absolute Gasteiger partial charge is 0.252 e. The normalized spacial score (nSPS) is 16.4. The van der Waals surface area contributed by atoms with Gasteiger partial charge in [0.2, 0.25) is 0 Å². The molecule has 0 aliphatic carbocycles. The molecule has 0 aromatic carbocycles. The van der Waals surface area contributed by atoms with Crippen molar-refractivity contribution in [3.05, 3.63) is 36.5 Å². The Hall–Kier alpha value is -1.88. The number of carbonyl (C=O) groups excluding carboxylic acids is 1. The molecule has 21 heavy (non-hydrogen) atoms. The summed E-state index contributed by atoms with van der Waals surface area (Å²) in [5, 5.41) is 6.21. The molecule has 0 spiro atoms. The average Bonchev–Trinajstić information content (AvgIpc) is 2.50. The third-order valence-corrected chi connectivity index (χ3v) is 3.69. The van der Waals surface area contributed by atoms with Crippen LogP contribution >= 0.6 is 0 Å². The van der Waals surface area contributed by atoms with E-state index in [-0.39, 0.29) is 5.91 Å². The molecule has 0 radical (unpaired) electrons. The van der Waals surface area contributed by atoms with Crippen molar-refractivity contribution in [3.63, 3.8) is 0 Å². The SMILES string of the molecule is C=CCN1CCC(Nc2ccc(C(=O)NCC)cn2)CC1. The maximum atomic E-state index is 11.7. The van der Waals surface area contributed by atoms with Crippen LogP contribution in [0.5, 0.6) is 0 Å². The summed E-state index contributed by atoms with van der Waals surface area (Å²) in [7, 11) is 0. The molecule has 114 valence electrons. The zero-order chi connectivity index (χ0) is 15.1. The fraction of sp³-hybridized carbons (Fsp3) is 0.500. The largest absolute Gasteiger partial charge is 0.367 e. The minimum atomic E-state index is -0.0747. The van der Waals surface area contributed by atoms with Crippen LogP contribution in [0.1, 0.15) is 30.1 Å². The Balaban J connectivity index is 1.84. The number of hydrogen-bond acceptors (Lipinski definition) is 4. The predicted molar refractivity (Wildman–Crippen MR) is 85.5 cm³/mol. The first-order valence-electron chi connectivity index (χ1n) is 7.57. The number of pyridine rings is 1. The molecule has 1 aliphatic rings. The Kier molecular flexibility index (Phi) is 5.75. The molecule has 0 bridgehead atoms. The van der Waals surface area contributed by atoms with E-state index >= 15 is 0 Å². The summed E-state index contributed by atoms with van der Waals surface area (Å²) in [5.41, 5.74) is 0.600. The van der Waals surface area contributed by atoms with Crippen molar-refractivity contribution in [3.8, 4) is 0 Å². The summed E-state index contributed by atoms with van der Waals surface area (Å²) in [6, 6.07) is 4.14. The van der Waals surface area contributed by atoms with Crippen LogP contribution in [0.25, 0.3) is 0 Å². The molecule has 1 saturated heterocycles. The second-order valence-corrected chi connectivity index (χ2v) is 5.30. The van der Waals surface area contributed by atoms with Gasteiger partial charge < -0.3 is 10.6 Å². The highest BCUT2D eigenvalue weighted by Gasteiger charge is 2.18. The number of nitrogens with one attached hydrogen (secondary N) is 2. The van der Waals surface area contributed by atoms with Crippen LogP contribution in [0.2, 0.25) is 0 Å². The first kappa shape index (κ1) is 15.5. The van der Waals surface area contributed by atoms with Crippen LogP contribution in [-0.4, -0.2) is 48.0 Å². The molecule has 1 aromatic rings. The molecule has 2 rings (SSSR count). The Morgan fingerprint density at radius 1 is 1.48 bits per heavy atom. The lowest BCUT2D eigenvalue weighted by Gasteiger charge is -2.31. The van der Waals surface area contributed by atoms with Gasteiger partial charge in [0.15, 0.2) is 0 Å². The van der Waals surface area contributed by atoms with E-state index in [9.17, 15) is 4.79 Å². The number of rotatable bonds is 6. The number of amides is 1. The maximum absolute atomic E-state index is 11.7. The molecule has 0 unspecified atom stereocenters. The third-order valence-electron chi connectivity index (χ3n) is 3.69. The molecule has 1 amide bonds. The van der Waals surface area contributed by atoms with Crippen molar-refractivity contribution in [1.29, 1.82) is 0 Å². The maximum Gasteiger partial charge on any atom is 0.252 e. The predicted octanol–water partition coefficient (Wildman–Crippen LogP) is 1.89. The molecule has 1 fully saturated rings. The van der Waals surface area contributed by atoms with Gasteiger partial charge in [-0.05, 0) is 31.9 Å². The van der Waals surface area contributed by atoms with E-state index in [1.807, 2.05) is 25.1 Å². The second kappa shape index (κ2) is 7.78. The van der Waals surface area contributed by atoms with Gasteiger partial charge in [0.25, 0.3) is 5.91 Å². The zero-order valence-corrected chi connectivity index (χ0v) is 12.6. The van der Waals surface area contributed by atoms with E-state index in [1.165, 1.54) is 0 Å². The summed E-state index contributed by atoms with van der Waals surface area (Å²) in [6.45, 7) is 9.44. The van der Waals surface area contributed by atoms with Crippen molar-refractivity contribution >= 4 is 11.7 Å². The first-order valence-corrected chi connectivity index (χ1v) is 7.57. The van der Waals surface area contributed by atoms with Crippen LogP contribution in [-0.2, 0) is 0 Å². The van der Waals surface area contributed by atoms with Crippen LogP contribution in [0.4, 0.5) is 5.82 Å². The van der Waals surface area contributed by atoms with Gasteiger partial charge in [-0.25, -0.2) is 4.98 Å². The van der Waals surface area contributed by atoms with Crippen LogP contribution in [0.15, 0.2) is 31.0 Å². The minimum absolute atomic E-state index is 0.0747. The van der Waals surface area contributed by atoms with Crippen molar-refractivity contribution in [2.24, 2.45) is 0 Å². The number of likely N-dealkylation sites (tertiary alicyclic amines) is 1. The Morgan fingerprint density at radius 2 is 2.24 bits per heavy atom. The van der Waals surface area contributed by atoms with Gasteiger partial charge in [0.05, 0.1) is 5.56 Å². The zero-order valence-electron chi connectivity index (χ0n) is 12.6. The summed E-state index contributed by atoms with van der Waals surface area (Å²) in [4.78, 5) is 18.4. The van der Waals surface area contributed by atoms with E-state index in [4.69, 9.17) is 0 Å². The van der Waals surface area contributed by atoms with E-state index in [2.05, 4.69) is 27.1 Å². The summed E-state index contributed by atoms with van der Waals surface area (Å²) < 4.78 is 0. The van der Waals surface area contributed by atoms with Crippen molar-refractivity contribution in [2.75, 3.05) is 31.5 Å². The molecule has 1 aromatic heterocycles. The van der Waals surface area contributed by atoms with Crippen LogP contribution < -0.4 is 10.6 Å². The van der Waals surface area contributed by atoms with E-state index in [0.717, 1.165) is 38.3 Å². The highest BCUT2D eigenvalue weighted by molar-refractivity contribution is 5.93. The van der Waals surface area contributed by atoms with Crippen molar-refractivity contribution < 1.29 is 4.79 Å². The number of piperidine rings is 1. The summed E-state index contributed by atoms with van der Waals surface area (Å²) >= 11 is 0. The first-order chi connectivity index (χ1) is 10.2. The topological polar surface area (TPSA) is 57.3 Å². The van der Waals surface area contributed by atoms with Gasteiger partial charge in [-0.1, -0.05) is 6.08 Å². The van der Waals surface area contributed by atoms with Gasteiger partial charge in [-0.3, -0.25) is 9.69 Å². The van der Waals surface area contributed by atoms with E-state index in [1.54, 1.807) is 6.20 Å². The number of hydrogen-bond donors (Lipinski definition) is 2. The lowest BCUT2D eigenvalue weighted by atomic mass is 10.1. The van der Waals surface area contributed by atoms with Gasteiger partial charge in [-0.15, -0.1) is 6.58 Å². The number of carbonyl (C=O) groups is 1. The standard InChI is InChI=1S/C16H24N4O/c1-3-9-20-10-7-14(8-11-20)19-15-6-5-13(12-18-15)16(21)17-4-2/h3,5-6,12,14H,1,4,7-11H2,2H3,(H,17,21)(H,18,19). The lowest BCUT2D eigenvalue weighted by molar-refractivity contribution is 0.0955. The molecule has 2 heterocycles. The quantitative estimate of drug-likeness (QED) is 0.785. The third kappa shape index (κ3) is 4.56. The minimum Gasteiger partial charge on any atom is -0.367 e. The molecule has 5 nitrogen and oxygen atoms in total. The highest BCUT2D eigenvalue weighted by atomic mass is 16.1. The number of anilines is 1. The van der Waals surface area contributed by atoms with Gasteiger partial charge in [0, 0.05) is 38.4 Å². The van der Waals surface area contributed by atoms with E-state index < -0.39 is 0 Å². The molecular weight excluding hydrogens is 264 g/mol. The van der Waals surface area contributed by atoms with E-state index in [0.29, 0.717) is 18.2 Å².